The minimum atomic E-state index is -0.00935. The average molecular weight is 245 g/mol. The van der Waals surface area contributed by atoms with Gasteiger partial charge < -0.3 is 4.79 Å². The minimum absolute atomic E-state index is 0.00222. The number of halogens is 1. The lowest BCUT2D eigenvalue weighted by Gasteiger charge is -2.15. The lowest BCUT2D eigenvalue weighted by molar-refractivity contribution is -0.107. The fourth-order valence-corrected chi connectivity index (χ4v) is 5.09. The Labute approximate surface area is 96.0 Å². The summed E-state index contributed by atoms with van der Waals surface area (Å²) < 4.78 is -0.00222. The zero-order valence-electron chi connectivity index (χ0n) is 7.30. The number of aldehydes is 1. The third-order valence-electron chi connectivity index (χ3n) is 2.21. The second kappa shape index (κ2) is 4.60. The average Bonchev–Trinajstić information content (AvgIpc) is 2.61. The van der Waals surface area contributed by atoms with Crippen LogP contribution in [-0.2, 0) is 4.79 Å². The van der Waals surface area contributed by atoms with Crippen LogP contribution < -0.4 is 0 Å². The van der Waals surface area contributed by atoms with Crippen LogP contribution in [0.1, 0.15) is 11.5 Å². The van der Waals surface area contributed by atoms with Crippen molar-refractivity contribution in [2.45, 2.75) is 15.9 Å². The molecular formula is C10H9ClOS2. The van der Waals surface area contributed by atoms with E-state index < -0.39 is 0 Å². The van der Waals surface area contributed by atoms with E-state index in [0.29, 0.717) is 0 Å². The van der Waals surface area contributed by atoms with Gasteiger partial charge in [0.25, 0.3) is 0 Å². The van der Waals surface area contributed by atoms with Gasteiger partial charge in [0.2, 0.25) is 0 Å². The maximum atomic E-state index is 10.8. The van der Waals surface area contributed by atoms with Gasteiger partial charge in [-0.15, -0.1) is 11.6 Å². The molecule has 14 heavy (non-hydrogen) atoms. The van der Waals surface area contributed by atoms with Crippen molar-refractivity contribution >= 4 is 39.5 Å². The van der Waals surface area contributed by atoms with Crippen molar-refractivity contribution in [3.05, 3.63) is 35.9 Å². The van der Waals surface area contributed by atoms with Gasteiger partial charge in [-0.1, -0.05) is 51.9 Å². The Balaban J connectivity index is 2.27. The van der Waals surface area contributed by atoms with Gasteiger partial charge in [0.1, 0.15) is 6.29 Å². The van der Waals surface area contributed by atoms with Gasteiger partial charge in [-0.3, -0.25) is 0 Å². The van der Waals surface area contributed by atoms with E-state index in [0.717, 1.165) is 11.8 Å². The Morgan fingerprint density at radius 2 is 1.93 bits per heavy atom. The maximum absolute atomic E-state index is 10.8. The van der Waals surface area contributed by atoms with Crippen LogP contribution in [0.2, 0.25) is 0 Å². The van der Waals surface area contributed by atoms with E-state index in [4.69, 9.17) is 11.6 Å². The summed E-state index contributed by atoms with van der Waals surface area (Å²) >= 11 is 6.17. The van der Waals surface area contributed by atoms with Gasteiger partial charge >= 0.3 is 0 Å². The summed E-state index contributed by atoms with van der Waals surface area (Å²) in [6.45, 7) is 0. The Bertz CT molecular complexity index is 317. The smallest absolute Gasteiger partial charge is 0.134 e. The molecule has 0 saturated carbocycles. The van der Waals surface area contributed by atoms with E-state index in [1.807, 2.05) is 30.3 Å². The number of carbonyl (C=O) groups is 1. The third-order valence-corrected chi connectivity index (χ3v) is 5.91. The Morgan fingerprint density at radius 1 is 1.21 bits per heavy atom. The largest absolute Gasteiger partial charge is 0.302 e. The van der Waals surface area contributed by atoms with E-state index >= 15 is 0 Å². The molecule has 3 atom stereocenters. The van der Waals surface area contributed by atoms with Crippen LogP contribution in [0.15, 0.2) is 30.3 Å². The molecule has 1 aliphatic rings. The lowest BCUT2D eigenvalue weighted by atomic mass is 9.98. The summed E-state index contributed by atoms with van der Waals surface area (Å²) in [4.78, 5) is 10.8. The van der Waals surface area contributed by atoms with Crippen LogP contribution in [0.3, 0.4) is 0 Å². The Morgan fingerprint density at radius 3 is 2.57 bits per heavy atom. The molecule has 0 spiro atoms. The van der Waals surface area contributed by atoms with E-state index in [9.17, 15) is 4.79 Å². The number of benzene rings is 1. The number of hydrogen-bond acceptors (Lipinski definition) is 3. The van der Waals surface area contributed by atoms with E-state index in [-0.39, 0.29) is 15.9 Å². The molecular weight excluding hydrogens is 236 g/mol. The van der Waals surface area contributed by atoms with Gasteiger partial charge in [-0.25, -0.2) is 0 Å². The molecule has 1 heterocycles. The molecule has 4 heteroatoms. The Hall–Kier alpha value is -0.120. The third kappa shape index (κ3) is 1.95. The minimum Gasteiger partial charge on any atom is -0.302 e. The van der Waals surface area contributed by atoms with Crippen molar-refractivity contribution < 1.29 is 4.79 Å². The summed E-state index contributed by atoms with van der Waals surface area (Å²) in [5, 5.41) is -0.00935. The van der Waals surface area contributed by atoms with Crippen LogP contribution in [0.4, 0.5) is 0 Å². The first-order valence-corrected chi connectivity index (χ1v) is 7.00. The molecule has 1 fully saturated rings. The fourth-order valence-electron chi connectivity index (χ4n) is 1.51. The predicted octanol–water partition coefficient (Wildman–Crippen LogP) is 3.30. The molecule has 1 saturated heterocycles. The van der Waals surface area contributed by atoms with Crippen molar-refractivity contribution in [3.63, 3.8) is 0 Å². The standard InChI is InChI=1S/C10H9ClOS2/c11-10-9(8(6-12)13-14-10)7-4-2-1-3-5-7/h1-6,8-10H. The number of rotatable bonds is 2. The zero-order valence-corrected chi connectivity index (χ0v) is 9.69. The van der Waals surface area contributed by atoms with Crippen LogP contribution >= 0.6 is 33.2 Å². The van der Waals surface area contributed by atoms with Crippen molar-refractivity contribution in [3.8, 4) is 0 Å². The van der Waals surface area contributed by atoms with Crippen molar-refractivity contribution in [1.82, 2.24) is 0 Å². The summed E-state index contributed by atoms with van der Waals surface area (Å²) in [6.07, 6.45) is 0.998. The molecule has 2 rings (SSSR count). The predicted molar refractivity (Wildman–Crippen MR) is 63.9 cm³/mol. The summed E-state index contributed by atoms with van der Waals surface area (Å²) in [5.41, 5.74) is 1.15. The summed E-state index contributed by atoms with van der Waals surface area (Å²) in [5.74, 6) is 0.144. The second-order valence-corrected chi connectivity index (χ2v) is 6.40. The number of alkyl halides is 1. The molecule has 1 aromatic carbocycles. The van der Waals surface area contributed by atoms with Gasteiger partial charge in [0.05, 0.1) is 9.96 Å². The van der Waals surface area contributed by atoms with Crippen LogP contribution in [-0.4, -0.2) is 16.2 Å². The summed E-state index contributed by atoms with van der Waals surface area (Å²) in [7, 11) is 3.15. The molecule has 0 aliphatic carbocycles. The Kier molecular flexibility index (Phi) is 3.42. The SMILES string of the molecule is O=CC1SSC(Cl)C1c1ccccc1. The molecule has 0 N–H and O–H groups in total. The first-order chi connectivity index (χ1) is 6.83. The molecule has 0 aromatic heterocycles. The van der Waals surface area contributed by atoms with E-state index in [1.54, 1.807) is 21.6 Å². The number of hydrogen-bond donors (Lipinski definition) is 0. The summed E-state index contributed by atoms with van der Waals surface area (Å²) in [6, 6.07) is 9.99. The van der Waals surface area contributed by atoms with Gasteiger partial charge in [-0.05, 0) is 5.56 Å². The normalized spacial score (nSPS) is 31.6. The quantitative estimate of drug-likeness (QED) is 0.452. The highest BCUT2D eigenvalue weighted by Crippen LogP contribution is 2.52. The highest BCUT2D eigenvalue weighted by atomic mass is 35.5. The molecule has 1 nitrogen and oxygen atoms in total. The topological polar surface area (TPSA) is 17.1 Å². The molecule has 0 amide bonds. The fraction of sp³-hybridized carbons (Fsp3) is 0.300. The first-order valence-electron chi connectivity index (χ1n) is 4.29. The van der Waals surface area contributed by atoms with Gasteiger partial charge in [-0.2, -0.15) is 0 Å². The molecule has 0 bridgehead atoms. The van der Waals surface area contributed by atoms with Crippen LogP contribution in [0, 0.1) is 0 Å². The highest BCUT2D eigenvalue weighted by molar-refractivity contribution is 8.78. The molecule has 74 valence electrons. The zero-order chi connectivity index (χ0) is 9.97. The second-order valence-electron chi connectivity index (χ2n) is 3.08. The van der Waals surface area contributed by atoms with Gasteiger partial charge in [0, 0.05) is 5.92 Å². The molecule has 3 unspecified atom stereocenters. The van der Waals surface area contributed by atoms with Crippen molar-refractivity contribution in [1.29, 1.82) is 0 Å². The highest BCUT2D eigenvalue weighted by Gasteiger charge is 2.37. The monoisotopic (exact) mass is 244 g/mol. The number of carbonyl (C=O) groups excluding carboxylic acids is 1. The van der Waals surface area contributed by atoms with E-state index in [2.05, 4.69) is 0 Å². The van der Waals surface area contributed by atoms with E-state index in [1.165, 1.54) is 0 Å². The van der Waals surface area contributed by atoms with Crippen LogP contribution in [0.5, 0.6) is 0 Å². The van der Waals surface area contributed by atoms with Crippen molar-refractivity contribution in [2.75, 3.05) is 0 Å². The van der Waals surface area contributed by atoms with Crippen LogP contribution in [0.25, 0.3) is 0 Å². The first kappa shape index (κ1) is 10.4. The maximum Gasteiger partial charge on any atom is 0.134 e. The molecule has 1 aromatic rings. The van der Waals surface area contributed by atoms with Crippen molar-refractivity contribution in [2.24, 2.45) is 0 Å². The molecule has 0 radical (unpaired) electrons. The lowest BCUT2D eigenvalue weighted by Crippen LogP contribution is -2.16. The molecule has 1 aliphatic heterocycles. The van der Waals surface area contributed by atoms with Gasteiger partial charge in [0.15, 0.2) is 0 Å².